The van der Waals surface area contributed by atoms with Crippen LogP contribution in [0, 0.1) is 0 Å². The molecule has 3 heterocycles. The minimum atomic E-state index is -4.38. The Kier molecular flexibility index (Phi) is 6.97. The van der Waals surface area contributed by atoms with Gasteiger partial charge in [-0.3, -0.25) is 24.3 Å². The second kappa shape index (κ2) is 9.92. The summed E-state index contributed by atoms with van der Waals surface area (Å²) in [5.74, 6) is -1.05. The standard InChI is InChI=1S/C24H24F3N3O4/c25-24(26,27)17-8-6-16(7-9-17)13-18-3-1-4-19(28-18)20-5-2-11-29(20)21(31)10-12-30-22(32)14-34-15-23(30)33/h1,3-4,6-9,20H,2,5,10-15H2/t20-/m1/s1. The SMILES string of the molecule is O=C1COCC(=O)N1CCC(=O)N1CCC[C@@H]1c1cccc(Cc2ccc(C(F)(F)F)cc2)n1. The first kappa shape index (κ1) is 23.9. The van der Waals surface area contributed by atoms with Crippen LogP contribution in [0.4, 0.5) is 13.2 Å². The summed E-state index contributed by atoms with van der Waals surface area (Å²) in [5, 5.41) is 0. The number of amides is 3. The van der Waals surface area contributed by atoms with Crippen LogP contribution in [-0.4, -0.2) is 58.8 Å². The fourth-order valence-electron chi connectivity index (χ4n) is 4.30. The molecule has 3 amide bonds. The molecule has 0 unspecified atom stereocenters. The summed E-state index contributed by atoms with van der Waals surface area (Å²) in [6, 6.07) is 10.2. The topological polar surface area (TPSA) is 79.8 Å². The molecule has 0 aliphatic carbocycles. The number of carbonyl (C=O) groups excluding carboxylic acids is 3. The molecule has 2 aromatic rings. The van der Waals surface area contributed by atoms with Crippen LogP contribution in [0.5, 0.6) is 0 Å². The van der Waals surface area contributed by atoms with Gasteiger partial charge in [-0.05, 0) is 42.7 Å². The molecule has 0 saturated carbocycles. The number of aromatic nitrogens is 1. The Balaban J connectivity index is 1.41. The summed E-state index contributed by atoms with van der Waals surface area (Å²) in [6.45, 7) is 0.244. The maximum Gasteiger partial charge on any atom is 0.416 e. The minimum absolute atomic E-state index is 0.0183. The van der Waals surface area contributed by atoms with E-state index in [4.69, 9.17) is 4.74 Å². The number of carbonyl (C=O) groups is 3. The van der Waals surface area contributed by atoms with E-state index < -0.39 is 23.6 Å². The summed E-state index contributed by atoms with van der Waals surface area (Å²) in [7, 11) is 0. The van der Waals surface area contributed by atoms with Crippen LogP contribution in [0.15, 0.2) is 42.5 Å². The van der Waals surface area contributed by atoms with Gasteiger partial charge in [0.2, 0.25) is 5.91 Å². The summed E-state index contributed by atoms with van der Waals surface area (Å²) < 4.78 is 43.2. The fourth-order valence-corrected chi connectivity index (χ4v) is 4.30. The van der Waals surface area contributed by atoms with Gasteiger partial charge in [-0.15, -0.1) is 0 Å². The van der Waals surface area contributed by atoms with Crippen LogP contribution in [0.3, 0.4) is 0 Å². The van der Waals surface area contributed by atoms with E-state index in [0.717, 1.165) is 29.9 Å². The lowest BCUT2D eigenvalue weighted by Crippen LogP contribution is -2.47. The van der Waals surface area contributed by atoms with Crippen LogP contribution in [0.2, 0.25) is 0 Å². The molecule has 2 saturated heterocycles. The van der Waals surface area contributed by atoms with Gasteiger partial charge in [0.05, 0.1) is 17.3 Å². The van der Waals surface area contributed by atoms with Crippen molar-refractivity contribution in [1.29, 1.82) is 0 Å². The molecule has 1 aromatic heterocycles. The Labute approximate surface area is 194 Å². The fraction of sp³-hybridized carbons (Fsp3) is 0.417. The number of ether oxygens (including phenoxy) is 1. The van der Waals surface area contributed by atoms with E-state index in [9.17, 15) is 27.6 Å². The molecule has 2 aliphatic heterocycles. The second-order valence-corrected chi connectivity index (χ2v) is 8.35. The highest BCUT2D eigenvalue weighted by atomic mass is 19.4. The molecule has 7 nitrogen and oxygen atoms in total. The third-order valence-electron chi connectivity index (χ3n) is 6.01. The molecule has 2 aliphatic rings. The molecule has 1 aromatic carbocycles. The lowest BCUT2D eigenvalue weighted by molar-refractivity contribution is -0.158. The average molecular weight is 475 g/mol. The van der Waals surface area contributed by atoms with Crippen molar-refractivity contribution < 1.29 is 32.3 Å². The maximum absolute atomic E-state index is 12.9. The highest BCUT2D eigenvalue weighted by molar-refractivity contribution is 5.98. The summed E-state index contributed by atoms with van der Waals surface area (Å²) in [4.78, 5) is 44.1. The number of likely N-dealkylation sites (tertiary alicyclic amines) is 1. The van der Waals surface area contributed by atoms with Crippen LogP contribution in [0.1, 0.15) is 47.8 Å². The molecule has 0 N–H and O–H groups in total. The number of benzene rings is 1. The number of rotatable bonds is 6. The normalized spacial score (nSPS) is 19.1. The van der Waals surface area contributed by atoms with Crippen molar-refractivity contribution >= 4 is 17.7 Å². The third kappa shape index (κ3) is 5.44. The van der Waals surface area contributed by atoms with E-state index in [0.29, 0.717) is 29.9 Å². The van der Waals surface area contributed by atoms with Gasteiger partial charge in [-0.25, -0.2) is 0 Å². The molecular formula is C24H24F3N3O4. The second-order valence-electron chi connectivity index (χ2n) is 8.35. The molecule has 0 bridgehead atoms. The molecule has 180 valence electrons. The van der Waals surface area contributed by atoms with Gasteiger partial charge < -0.3 is 9.64 Å². The Morgan fingerprint density at radius 2 is 1.76 bits per heavy atom. The van der Waals surface area contributed by atoms with Crippen LogP contribution in [-0.2, 0) is 31.7 Å². The number of halogens is 3. The lowest BCUT2D eigenvalue weighted by atomic mass is 10.1. The first-order valence-corrected chi connectivity index (χ1v) is 11.0. The van der Waals surface area contributed by atoms with Crippen molar-refractivity contribution in [1.82, 2.24) is 14.8 Å². The molecule has 0 spiro atoms. The van der Waals surface area contributed by atoms with Gasteiger partial charge in [0, 0.05) is 31.6 Å². The van der Waals surface area contributed by atoms with Gasteiger partial charge in [-0.2, -0.15) is 13.2 Å². The summed E-state index contributed by atoms with van der Waals surface area (Å²) in [6.07, 6.45) is -2.45. The predicted molar refractivity (Wildman–Crippen MR) is 114 cm³/mol. The van der Waals surface area contributed by atoms with Crippen LogP contribution >= 0.6 is 0 Å². The number of alkyl halides is 3. The number of pyridine rings is 1. The Morgan fingerprint density at radius 3 is 2.44 bits per heavy atom. The molecule has 0 radical (unpaired) electrons. The minimum Gasteiger partial charge on any atom is -0.362 e. The van der Waals surface area contributed by atoms with E-state index in [1.165, 1.54) is 12.1 Å². The molecule has 1 atom stereocenters. The van der Waals surface area contributed by atoms with E-state index in [1.54, 1.807) is 11.0 Å². The van der Waals surface area contributed by atoms with Crippen molar-refractivity contribution in [3.63, 3.8) is 0 Å². The van der Waals surface area contributed by atoms with Crippen molar-refractivity contribution in [2.45, 2.75) is 37.9 Å². The van der Waals surface area contributed by atoms with E-state index in [2.05, 4.69) is 4.98 Å². The molecular weight excluding hydrogens is 451 g/mol. The lowest BCUT2D eigenvalue weighted by Gasteiger charge is -2.28. The predicted octanol–water partition coefficient (Wildman–Crippen LogP) is 3.13. The van der Waals surface area contributed by atoms with Crippen molar-refractivity contribution in [3.05, 3.63) is 65.0 Å². The number of hydrogen-bond acceptors (Lipinski definition) is 5. The van der Waals surface area contributed by atoms with Crippen molar-refractivity contribution in [2.75, 3.05) is 26.3 Å². The maximum atomic E-state index is 12.9. The van der Waals surface area contributed by atoms with Gasteiger partial charge in [0.25, 0.3) is 11.8 Å². The van der Waals surface area contributed by atoms with Gasteiger partial charge >= 0.3 is 6.18 Å². The van der Waals surface area contributed by atoms with Crippen molar-refractivity contribution in [3.8, 4) is 0 Å². The first-order valence-electron chi connectivity index (χ1n) is 11.0. The smallest absolute Gasteiger partial charge is 0.362 e. The highest BCUT2D eigenvalue weighted by Crippen LogP contribution is 2.32. The zero-order chi connectivity index (χ0) is 24.3. The van der Waals surface area contributed by atoms with E-state index in [1.807, 2.05) is 12.1 Å². The van der Waals surface area contributed by atoms with Gasteiger partial charge in [0.1, 0.15) is 13.2 Å². The highest BCUT2D eigenvalue weighted by Gasteiger charge is 2.33. The number of imide groups is 1. The van der Waals surface area contributed by atoms with E-state index in [-0.39, 0.29) is 38.1 Å². The summed E-state index contributed by atoms with van der Waals surface area (Å²) in [5.41, 5.74) is 1.42. The number of nitrogens with zero attached hydrogens (tertiary/aromatic N) is 3. The van der Waals surface area contributed by atoms with Crippen LogP contribution in [0.25, 0.3) is 0 Å². The van der Waals surface area contributed by atoms with E-state index >= 15 is 0 Å². The molecule has 10 heteroatoms. The zero-order valence-corrected chi connectivity index (χ0v) is 18.4. The molecule has 4 rings (SSSR count). The molecule has 34 heavy (non-hydrogen) atoms. The largest absolute Gasteiger partial charge is 0.416 e. The quantitative estimate of drug-likeness (QED) is 0.600. The number of morpholine rings is 1. The Bertz CT molecular complexity index is 1060. The Hall–Kier alpha value is -3.27. The van der Waals surface area contributed by atoms with Crippen molar-refractivity contribution in [2.24, 2.45) is 0 Å². The van der Waals surface area contributed by atoms with Gasteiger partial charge in [0.15, 0.2) is 0 Å². The van der Waals surface area contributed by atoms with Crippen LogP contribution < -0.4 is 0 Å². The third-order valence-corrected chi connectivity index (χ3v) is 6.01. The summed E-state index contributed by atoms with van der Waals surface area (Å²) >= 11 is 0. The van der Waals surface area contributed by atoms with Gasteiger partial charge in [-0.1, -0.05) is 18.2 Å². The number of hydrogen-bond donors (Lipinski definition) is 0. The first-order chi connectivity index (χ1) is 16.2. The zero-order valence-electron chi connectivity index (χ0n) is 18.4. The Morgan fingerprint density at radius 1 is 1.06 bits per heavy atom. The monoisotopic (exact) mass is 475 g/mol. The average Bonchev–Trinajstić information content (AvgIpc) is 3.29. The molecule has 2 fully saturated rings.